The molecule has 0 aliphatic rings. The molecule has 0 unspecified atom stereocenters. The third-order valence-corrected chi connectivity index (χ3v) is 10.2. The summed E-state index contributed by atoms with van der Waals surface area (Å²) in [5.74, 6) is 3.84. The highest BCUT2D eigenvalue weighted by atomic mass is 15.0. The monoisotopic (exact) mass is 742 g/mol. The molecule has 0 aliphatic carbocycles. The van der Waals surface area contributed by atoms with E-state index in [1.807, 2.05) is 121 Å². The lowest BCUT2D eigenvalue weighted by Gasteiger charge is -2.13. The van der Waals surface area contributed by atoms with Gasteiger partial charge in [-0.2, -0.15) is 0 Å². The predicted molar refractivity (Wildman–Crippen MR) is 234 cm³/mol. The molecular weight excluding hydrogens is 709 g/mol. The van der Waals surface area contributed by atoms with E-state index in [4.69, 9.17) is 29.9 Å². The van der Waals surface area contributed by atoms with Crippen LogP contribution < -0.4 is 0 Å². The molecule has 0 bridgehead atoms. The topological polar surface area (TPSA) is 77.3 Å². The molecule has 2 aromatic heterocycles. The van der Waals surface area contributed by atoms with E-state index in [-0.39, 0.29) is 0 Å². The second kappa shape index (κ2) is 15.3. The van der Waals surface area contributed by atoms with Crippen LogP contribution in [0.3, 0.4) is 0 Å². The summed E-state index contributed by atoms with van der Waals surface area (Å²) in [7, 11) is 0. The molecule has 8 aromatic carbocycles. The van der Waals surface area contributed by atoms with E-state index >= 15 is 0 Å². The van der Waals surface area contributed by atoms with Crippen molar-refractivity contribution in [3.05, 3.63) is 206 Å². The van der Waals surface area contributed by atoms with Gasteiger partial charge in [0.25, 0.3) is 0 Å². The largest absolute Gasteiger partial charge is 0.208 e. The summed E-state index contributed by atoms with van der Waals surface area (Å²) in [6.07, 6.45) is 0. The molecule has 58 heavy (non-hydrogen) atoms. The molecule has 0 N–H and O–H groups in total. The lowest BCUT2D eigenvalue weighted by Crippen LogP contribution is -2.00. The standard InChI is InChI=1S/C52H34N6/c1-5-15-37(16-6-1)47-53-48(38-17-7-2-8-18-38)56-51(55-47)41-31-27-35(28-32-41)43-23-13-26-46-44(24-14-25-45(43)46)36-29-33-42(34-30-36)52-57-49(39-19-9-3-10-20-39)54-50(58-52)40-21-11-4-12-22-40/h1-34H. The smallest absolute Gasteiger partial charge is 0.164 e. The summed E-state index contributed by atoms with van der Waals surface area (Å²) in [6.45, 7) is 0. The zero-order chi connectivity index (χ0) is 38.7. The second-order valence-electron chi connectivity index (χ2n) is 13.9. The first-order chi connectivity index (χ1) is 28.7. The van der Waals surface area contributed by atoms with Crippen molar-refractivity contribution in [2.75, 3.05) is 0 Å². The first-order valence-electron chi connectivity index (χ1n) is 19.2. The van der Waals surface area contributed by atoms with E-state index < -0.39 is 0 Å². The van der Waals surface area contributed by atoms with Crippen LogP contribution >= 0.6 is 0 Å². The molecule has 6 nitrogen and oxygen atoms in total. The fourth-order valence-corrected chi connectivity index (χ4v) is 7.29. The van der Waals surface area contributed by atoms with Crippen LogP contribution in [0.15, 0.2) is 206 Å². The number of rotatable bonds is 8. The molecule has 0 radical (unpaired) electrons. The molecule has 10 aromatic rings. The lowest BCUT2D eigenvalue weighted by molar-refractivity contribution is 1.07. The molecule has 0 saturated carbocycles. The first-order valence-corrected chi connectivity index (χ1v) is 19.2. The number of nitrogens with zero attached hydrogens (tertiary/aromatic N) is 6. The third kappa shape index (κ3) is 6.91. The predicted octanol–water partition coefficient (Wildman–Crippen LogP) is 12.5. The van der Waals surface area contributed by atoms with Gasteiger partial charge in [-0.3, -0.25) is 0 Å². The normalized spacial score (nSPS) is 11.1. The van der Waals surface area contributed by atoms with Gasteiger partial charge >= 0.3 is 0 Å². The van der Waals surface area contributed by atoms with Crippen molar-refractivity contribution in [3.63, 3.8) is 0 Å². The Bertz CT molecular complexity index is 2680. The van der Waals surface area contributed by atoms with Gasteiger partial charge < -0.3 is 0 Å². The Labute approximate surface area is 336 Å². The van der Waals surface area contributed by atoms with Crippen LogP contribution in [-0.4, -0.2) is 29.9 Å². The Kier molecular flexibility index (Phi) is 9.10. The molecule has 6 heteroatoms. The zero-order valence-electron chi connectivity index (χ0n) is 31.3. The zero-order valence-corrected chi connectivity index (χ0v) is 31.3. The molecule has 0 spiro atoms. The van der Waals surface area contributed by atoms with Gasteiger partial charge in [-0.25, -0.2) is 29.9 Å². The van der Waals surface area contributed by atoms with E-state index in [1.165, 1.54) is 10.8 Å². The lowest BCUT2D eigenvalue weighted by atomic mass is 9.92. The Balaban J connectivity index is 0.982. The van der Waals surface area contributed by atoms with Crippen LogP contribution in [0.5, 0.6) is 0 Å². The maximum absolute atomic E-state index is 4.93. The summed E-state index contributed by atoms with van der Waals surface area (Å²) in [5.41, 5.74) is 10.2. The average molecular weight is 743 g/mol. The van der Waals surface area contributed by atoms with Crippen molar-refractivity contribution in [2.24, 2.45) is 0 Å². The van der Waals surface area contributed by atoms with Gasteiger partial charge in [-0.15, -0.1) is 0 Å². The minimum Gasteiger partial charge on any atom is -0.208 e. The van der Waals surface area contributed by atoms with Gasteiger partial charge in [0.2, 0.25) is 0 Å². The SMILES string of the molecule is c1ccc(-c2nc(-c3ccccc3)nc(-c3ccc(-c4cccc5c(-c6ccc(-c7nc(-c8ccccc8)nc(-c8ccccc8)n7)cc6)cccc45)cc3)n2)cc1. The van der Waals surface area contributed by atoms with Crippen LogP contribution in [0.2, 0.25) is 0 Å². The summed E-state index contributed by atoms with van der Waals surface area (Å²) in [4.78, 5) is 29.4. The number of hydrogen-bond acceptors (Lipinski definition) is 6. The van der Waals surface area contributed by atoms with E-state index in [0.29, 0.717) is 34.9 Å². The van der Waals surface area contributed by atoms with Crippen LogP contribution in [0.1, 0.15) is 0 Å². The molecular formula is C52H34N6. The first kappa shape index (κ1) is 34.5. The molecule has 0 fully saturated rings. The Morgan fingerprint density at radius 2 is 0.397 bits per heavy atom. The number of fused-ring (bicyclic) bond motifs is 1. The van der Waals surface area contributed by atoms with Crippen molar-refractivity contribution in [1.29, 1.82) is 0 Å². The van der Waals surface area contributed by atoms with Crippen molar-refractivity contribution in [3.8, 4) is 90.6 Å². The van der Waals surface area contributed by atoms with Crippen LogP contribution in [0, 0.1) is 0 Å². The summed E-state index contributed by atoms with van der Waals surface area (Å²) >= 11 is 0. The quantitative estimate of drug-likeness (QED) is 0.154. The van der Waals surface area contributed by atoms with Crippen molar-refractivity contribution >= 4 is 10.8 Å². The van der Waals surface area contributed by atoms with Gasteiger partial charge in [0.15, 0.2) is 34.9 Å². The second-order valence-corrected chi connectivity index (χ2v) is 13.9. The molecule has 0 amide bonds. The number of hydrogen-bond donors (Lipinski definition) is 0. The molecule has 0 aliphatic heterocycles. The molecule has 10 rings (SSSR count). The van der Waals surface area contributed by atoms with E-state index in [0.717, 1.165) is 55.6 Å². The van der Waals surface area contributed by atoms with Gasteiger partial charge in [-0.05, 0) is 33.0 Å². The summed E-state index contributed by atoms with van der Waals surface area (Å²) < 4.78 is 0. The van der Waals surface area contributed by atoms with Crippen molar-refractivity contribution in [2.45, 2.75) is 0 Å². The van der Waals surface area contributed by atoms with E-state index in [1.54, 1.807) is 0 Å². The van der Waals surface area contributed by atoms with Crippen molar-refractivity contribution in [1.82, 2.24) is 29.9 Å². The van der Waals surface area contributed by atoms with E-state index in [2.05, 4.69) is 84.9 Å². The minimum absolute atomic E-state index is 0.632. The Morgan fingerprint density at radius 3 is 0.655 bits per heavy atom. The maximum Gasteiger partial charge on any atom is 0.164 e. The van der Waals surface area contributed by atoms with Gasteiger partial charge in [0.1, 0.15) is 0 Å². The molecule has 0 saturated heterocycles. The van der Waals surface area contributed by atoms with Crippen LogP contribution in [0.25, 0.3) is 101 Å². The minimum atomic E-state index is 0.632. The Morgan fingerprint density at radius 1 is 0.172 bits per heavy atom. The van der Waals surface area contributed by atoms with Gasteiger partial charge in [0, 0.05) is 33.4 Å². The van der Waals surface area contributed by atoms with E-state index in [9.17, 15) is 0 Å². The summed E-state index contributed by atoms with van der Waals surface area (Å²) in [5, 5.41) is 2.35. The molecule has 272 valence electrons. The van der Waals surface area contributed by atoms with Crippen LogP contribution in [-0.2, 0) is 0 Å². The third-order valence-electron chi connectivity index (χ3n) is 10.2. The average Bonchev–Trinajstić information content (AvgIpc) is 3.32. The maximum atomic E-state index is 4.93. The fourth-order valence-electron chi connectivity index (χ4n) is 7.29. The highest BCUT2D eigenvalue weighted by Crippen LogP contribution is 2.36. The number of benzene rings is 8. The van der Waals surface area contributed by atoms with Crippen molar-refractivity contribution < 1.29 is 0 Å². The van der Waals surface area contributed by atoms with Gasteiger partial charge in [-0.1, -0.05) is 206 Å². The Hall–Kier alpha value is -7.96. The highest BCUT2D eigenvalue weighted by Gasteiger charge is 2.15. The fraction of sp³-hybridized carbons (Fsp3) is 0. The summed E-state index contributed by atoms with van der Waals surface area (Å²) in [6, 6.07) is 70.3. The molecule has 0 atom stereocenters. The number of aromatic nitrogens is 6. The van der Waals surface area contributed by atoms with Crippen LogP contribution in [0.4, 0.5) is 0 Å². The highest BCUT2D eigenvalue weighted by molar-refractivity contribution is 6.04. The van der Waals surface area contributed by atoms with Gasteiger partial charge in [0.05, 0.1) is 0 Å². The molecule has 2 heterocycles.